The highest BCUT2D eigenvalue weighted by Crippen LogP contribution is 2.21. The van der Waals surface area contributed by atoms with Crippen molar-refractivity contribution in [2.45, 2.75) is 19.9 Å². The van der Waals surface area contributed by atoms with Gasteiger partial charge in [0.1, 0.15) is 4.47 Å². The molecule has 0 saturated carbocycles. The minimum atomic E-state index is -0.184. The van der Waals surface area contributed by atoms with E-state index in [4.69, 9.17) is 0 Å². The van der Waals surface area contributed by atoms with Crippen molar-refractivity contribution < 1.29 is 0 Å². The van der Waals surface area contributed by atoms with Gasteiger partial charge in [-0.15, -0.1) is 0 Å². The van der Waals surface area contributed by atoms with E-state index in [1.807, 2.05) is 24.7 Å². The van der Waals surface area contributed by atoms with Crippen molar-refractivity contribution in [3.05, 3.63) is 33.4 Å². The summed E-state index contributed by atoms with van der Waals surface area (Å²) in [7, 11) is 1.60. The van der Waals surface area contributed by atoms with Crippen LogP contribution in [0.3, 0.4) is 0 Å². The molecule has 2 aromatic rings. The molecule has 0 fully saturated rings. The highest BCUT2D eigenvalue weighted by Gasteiger charge is 2.08. The van der Waals surface area contributed by atoms with E-state index in [1.54, 1.807) is 19.4 Å². The summed E-state index contributed by atoms with van der Waals surface area (Å²) in [5, 5.41) is 11.3. The number of hydrogen-bond donors (Lipinski definition) is 1. The average molecular weight is 312 g/mol. The van der Waals surface area contributed by atoms with Crippen LogP contribution >= 0.6 is 15.9 Å². The Balaban J connectivity index is 2.29. The first-order chi connectivity index (χ1) is 8.49. The van der Waals surface area contributed by atoms with Crippen LogP contribution in [0.4, 0.5) is 11.4 Å². The van der Waals surface area contributed by atoms with E-state index in [0.717, 1.165) is 5.69 Å². The fourth-order valence-electron chi connectivity index (χ4n) is 1.44. The Morgan fingerprint density at radius 1 is 1.33 bits per heavy atom. The molecular formula is C11H14BrN5O. The van der Waals surface area contributed by atoms with Gasteiger partial charge in [-0.25, -0.2) is 4.68 Å². The van der Waals surface area contributed by atoms with Crippen molar-refractivity contribution in [1.82, 2.24) is 19.6 Å². The number of nitrogens with zero attached hydrogens (tertiary/aromatic N) is 4. The molecule has 0 unspecified atom stereocenters. The summed E-state index contributed by atoms with van der Waals surface area (Å²) in [4.78, 5) is 11.7. The number of nitrogens with one attached hydrogen (secondary N) is 1. The van der Waals surface area contributed by atoms with Crippen LogP contribution in [-0.4, -0.2) is 19.6 Å². The zero-order chi connectivity index (χ0) is 13.3. The van der Waals surface area contributed by atoms with E-state index in [2.05, 4.69) is 31.4 Å². The number of anilines is 2. The maximum Gasteiger partial charge on any atom is 0.282 e. The molecule has 2 aromatic heterocycles. The topological polar surface area (TPSA) is 64.7 Å². The molecule has 0 aliphatic rings. The number of hydrogen-bond acceptors (Lipinski definition) is 4. The quantitative estimate of drug-likeness (QED) is 0.942. The molecule has 96 valence electrons. The zero-order valence-electron chi connectivity index (χ0n) is 10.4. The Morgan fingerprint density at radius 2 is 2.06 bits per heavy atom. The van der Waals surface area contributed by atoms with Crippen LogP contribution < -0.4 is 10.9 Å². The summed E-state index contributed by atoms with van der Waals surface area (Å²) in [6.07, 6.45) is 5.19. The molecule has 2 heterocycles. The minimum absolute atomic E-state index is 0.184. The van der Waals surface area contributed by atoms with E-state index < -0.39 is 0 Å². The third kappa shape index (κ3) is 2.45. The van der Waals surface area contributed by atoms with Crippen LogP contribution in [0.5, 0.6) is 0 Å². The lowest BCUT2D eigenvalue weighted by molar-refractivity contribution is 0.532. The van der Waals surface area contributed by atoms with Gasteiger partial charge in [0.15, 0.2) is 0 Å². The first-order valence-corrected chi connectivity index (χ1v) is 6.31. The van der Waals surface area contributed by atoms with Gasteiger partial charge in [-0.3, -0.25) is 9.48 Å². The van der Waals surface area contributed by atoms with E-state index in [-0.39, 0.29) is 5.56 Å². The SMILES string of the molecule is CC(C)n1cc(Nc2cnn(C)c(=O)c2Br)cn1. The van der Waals surface area contributed by atoms with Crippen LogP contribution in [0.25, 0.3) is 0 Å². The Labute approximate surface area is 113 Å². The summed E-state index contributed by atoms with van der Waals surface area (Å²) < 4.78 is 3.56. The molecule has 2 rings (SSSR count). The normalized spacial score (nSPS) is 10.9. The van der Waals surface area contributed by atoms with Crippen LogP contribution in [0, 0.1) is 0 Å². The second-order valence-electron chi connectivity index (χ2n) is 4.23. The largest absolute Gasteiger partial charge is 0.351 e. The highest BCUT2D eigenvalue weighted by atomic mass is 79.9. The molecule has 0 saturated heterocycles. The number of aryl methyl sites for hydroxylation is 1. The summed E-state index contributed by atoms with van der Waals surface area (Å²) >= 11 is 3.26. The minimum Gasteiger partial charge on any atom is -0.351 e. The number of rotatable bonds is 3. The molecule has 7 heteroatoms. The first-order valence-electron chi connectivity index (χ1n) is 5.52. The molecular weight excluding hydrogens is 298 g/mol. The Morgan fingerprint density at radius 3 is 2.67 bits per heavy atom. The summed E-state index contributed by atoms with van der Waals surface area (Å²) in [5.74, 6) is 0. The molecule has 0 atom stereocenters. The maximum absolute atomic E-state index is 11.7. The van der Waals surface area contributed by atoms with Gasteiger partial charge in [-0.1, -0.05) is 0 Å². The monoisotopic (exact) mass is 311 g/mol. The van der Waals surface area contributed by atoms with Gasteiger partial charge in [0.05, 0.1) is 23.8 Å². The Bertz CT molecular complexity index is 616. The fraction of sp³-hybridized carbons (Fsp3) is 0.364. The van der Waals surface area contributed by atoms with Gasteiger partial charge in [0.2, 0.25) is 0 Å². The number of aromatic nitrogens is 4. The predicted octanol–water partition coefficient (Wildman–Crippen LogP) is 2.06. The van der Waals surface area contributed by atoms with Crippen LogP contribution in [0.15, 0.2) is 27.9 Å². The molecule has 0 amide bonds. The molecule has 0 aromatic carbocycles. The lowest BCUT2D eigenvalue weighted by atomic mass is 10.4. The third-order valence-corrected chi connectivity index (χ3v) is 3.25. The molecule has 1 N–H and O–H groups in total. The second-order valence-corrected chi connectivity index (χ2v) is 5.02. The summed E-state index contributed by atoms with van der Waals surface area (Å²) in [5.41, 5.74) is 1.26. The van der Waals surface area contributed by atoms with Crippen molar-refractivity contribution in [2.24, 2.45) is 7.05 Å². The first kappa shape index (κ1) is 12.8. The lowest BCUT2D eigenvalue weighted by Crippen LogP contribution is -2.20. The van der Waals surface area contributed by atoms with Crippen molar-refractivity contribution in [3.63, 3.8) is 0 Å². The van der Waals surface area contributed by atoms with E-state index in [1.165, 1.54) is 4.68 Å². The third-order valence-electron chi connectivity index (χ3n) is 2.49. The average Bonchev–Trinajstić information content (AvgIpc) is 2.79. The lowest BCUT2D eigenvalue weighted by Gasteiger charge is -2.06. The van der Waals surface area contributed by atoms with Crippen molar-refractivity contribution in [2.75, 3.05) is 5.32 Å². The number of halogens is 1. The molecule has 0 radical (unpaired) electrons. The van der Waals surface area contributed by atoms with Gasteiger partial charge < -0.3 is 5.32 Å². The van der Waals surface area contributed by atoms with Crippen LogP contribution in [-0.2, 0) is 7.05 Å². The smallest absolute Gasteiger partial charge is 0.282 e. The summed E-state index contributed by atoms with van der Waals surface area (Å²) in [6, 6.07) is 0.297. The zero-order valence-corrected chi connectivity index (χ0v) is 12.0. The molecule has 0 spiro atoms. The maximum atomic E-state index is 11.7. The van der Waals surface area contributed by atoms with Gasteiger partial charge in [0, 0.05) is 19.3 Å². The fourth-order valence-corrected chi connectivity index (χ4v) is 1.90. The van der Waals surface area contributed by atoms with Crippen LogP contribution in [0.1, 0.15) is 19.9 Å². The van der Waals surface area contributed by atoms with Crippen molar-refractivity contribution in [1.29, 1.82) is 0 Å². The Hall–Kier alpha value is -1.63. The molecule has 0 aliphatic heterocycles. The molecule has 6 nitrogen and oxygen atoms in total. The molecule has 0 bridgehead atoms. The van der Waals surface area contributed by atoms with E-state index in [0.29, 0.717) is 16.2 Å². The molecule has 18 heavy (non-hydrogen) atoms. The molecule has 0 aliphatic carbocycles. The van der Waals surface area contributed by atoms with Gasteiger partial charge in [0.25, 0.3) is 5.56 Å². The van der Waals surface area contributed by atoms with Crippen molar-refractivity contribution >= 4 is 27.3 Å². The van der Waals surface area contributed by atoms with E-state index >= 15 is 0 Å². The Kier molecular flexibility index (Phi) is 3.51. The van der Waals surface area contributed by atoms with Gasteiger partial charge in [-0.2, -0.15) is 10.2 Å². The highest BCUT2D eigenvalue weighted by molar-refractivity contribution is 9.10. The van der Waals surface area contributed by atoms with E-state index in [9.17, 15) is 4.79 Å². The van der Waals surface area contributed by atoms with Gasteiger partial charge in [-0.05, 0) is 29.8 Å². The van der Waals surface area contributed by atoms with Gasteiger partial charge >= 0.3 is 0 Å². The van der Waals surface area contributed by atoms with Crippen molar-refractivity contribution in [3.8, 4) is 0 Å². The van der Waals surface area contributed by atoms with Crippen LogP contribution in [0.2, 0.25) is 0 Å². The summed E-state index contributed by atoms with van der Waals surface area (Å²) in [6.45, 7) is 4.10. The predicted molar refractivity (Wildman–Crippen MR) is 73.1 cm³/mol. The second kappa shape index (κ2) is 4.93. The standard InChI is InChI=1S/C11H14BrN5O/c1-7(2)17-6-8(4-14-17)15-9-5-13-16(3)11(18)10(9)12/h4-7,15H,1-3H3.